The number of allylic oxidation sites excluding steroid dienone is 1. The van der Waals surface area contributed by atoms with Gasteiger partial charge >= 0.3 is 0 Å². The first kappa shape index (κ1) is 23.4. The van der Waals surface area contributed by atoms with Crippen molar-refractivity contribution in [2.45, 2.75) is 25.8 Å². The minimum atomic E-state index is -0.714. The lowest BCUT2D eigenvalue weighted by Gasteiger charge is -2.26. The van der Waals surface area contributed by atoms with Crippen LogP contribution in [0, 0.1) is 0 Å². The van der Waals surface area contributed by atoms with E-state index < -0.39 is 23.5 Å². The Labute approximate surface area is 188 Å². The molecule has 32 heavy (non-hydrogen) atoms. The molecule has 0 saturated heterocycles. The molecule has 0 saturated carbocycles. The van der Waals surface area contributed by atoms with Crippen molar-refractivity contribution in [1.29, 1.82) is 0 Å². The number of carbonyl (C=O) groups excluding carboxylic acids is 2. The zero-order valence-corrected chi connectivity index (χ0v) is 18.4. The van der Waals surface area contributed by atoms with Gasteiger partial charge in [0.15, 0.2) is 11.5 Å². The highest BCUT2D eigenvalue weighted by molar-refractivity contribution is 6.14. The van der Waals surface area contributed by atoms with Crippen molar-refractivity contribution in [3.63, 3.8) is 0 Å². The fraction of sp³-hybridized carbons (Fsp3) is 0.308. The standard InChI is InChI=1S/C26H29NO5/c1-18(2)20-9-11-21(12-10-20)24-23(22(29)13-8-19-6-4-3-5-7-19)25(30)26(31)27(24)14-16-32-17-15-28/h3-13,18,24,28,30H,14-17H2,1-2H3. The second-order valence-electron chi connectivity index (χ2n) is 7.93. The number of amides is 1. The summed E-state index contributed by atoms with van der Waals surface area (Å²) in [5.74, 6) is -1.22. The molecule has 0 bridgehead atoms. The average Bonchev–Trinajstić information content (AvgIpc) is 3.06. The van der Waals surface area contributed by atoms with Crippen LogP contribution in [0.4, 0.5) is 0 Å². The monoisotopic (exact) mass is 435 g/mol. The summed E-state index contributed by atoms with van der Waals surface area (Å²) in [6, 6.07) is 16.4. The van der Waals surface area contributed by atoms with Crippen LogP contribution in [0.25, 0.3) is 6.08 Å². The van der Waals surface area contributed by atoms with Crippen LogP contribution in [0.2, 0.25) is 0 Å². The van der Waals surface area contributed by atoms with Gasteiger partial charge in [0, 0.05) is 6.54 Å². The molecule has 168 valence electrons. The van der Waals surface area contributed by atoms with Crippen molar-refractivity contribution in [2.75, 3.05) is 26.4 Å². The molecule has 2 N–H and O–H groups in total. The van der Waals surface area contributed by atoms with Gasteiger partial charge < -0.3 is 19.8 Å². The summed E-state index contributed by atoms with van der Waals surface area (Å²) >= 11 is 0. The smallest absolute Gasteiger partial charge is 0.290 e. The zero-order chi connectivity index (χ0) is 23.1. The van der Waals surface area contributed by atoms with E-state index in [2.05, 4.69) is 13.8 Å². The van der Waals surface area contributed by atoms with E-state index in [1.54, 1.807) is 6.08 Å². The summed E-state index contributed by atoms with van der Waals surface area (Å²) in [7, 11) is 0. The third kappa shape index (κ3) is 5.33. The van der Waals surface area contributed by atoms with Crippen LogP contribution in [0.1, 0.15) is 42.5 Å². The van der Waals surface area contributed by atoms with Gasteiger partial charge in [-0.25, -0.2) is 0 Å². The molecule has 1 atom stereocenters. The minimum Gasteiger partial charge on any atom is -0.503 e. The van der Waals surface area contributed by atoms with Gasteiger partial charge in [-0.05, 0) is 28.7 Å². The van der Waals surface area contributed by atoms with Crippen molar-refractivity contribution in [2.24, 2.45) is 0 Å². The molecule has 1 amide bonds. The van der Waals surface area contributed by atoms with Crippen LogP contribution >= 0.6 is 0 Å². The Kier molecular flexibility index (Phi) is 7.98. The first-order chi connectivity index (χ1) is 15.4. The van der Waals surface area contributed by atoms with E-state index in [1.807, 2.05) is 54.6 Å². The predicted octanol–water partition coefficient (Wildman–Crippen LogP) is 3.80. The van der Waals surface area contributed by atoms with E-state index in [-0.39, 0.29) is 31.9 Å². The Bertz CT molecular complexity index is 993. The van der Waals surface area contributed by atoms with Crippen molar-refractivity contribution in [1.82, 2.24) is 4.90 Å². The molecule has 2 aromatic rings. The van der Waals surface area contributed by atoms with E-state index in [0.29, 0.717) is 5.92 Å². The summed E-state index contributed by atoms with van der Waals surface area (Å²) in [6.07, 6.45) is 3.05. The van der Waals surface area contributed by atoms with Gasteiger partial charge in [0.2, 0.25) is 0 Å². The van der Waals surface area contributed by atoms with Crippen molar-refractivity contribution in [3.05, 3.63) is 88.7 Å². The molecule has 0 fully saturated rings. The summed E-state index contributed by atoms with van der Waals surface area (Å²) in [6.45, 7) is 4.58. The molecule has 1 unspecified atom stereocenters. The Balaban J connectivity index is 1.93. The van der Waals surface area contributed by atoms with E-state index in [1.165, 1.54) is 11.0 Å². The van der Waals surface area contributed by atoms with Crippen LogP contribution in [-0.4, -0.2) is 53.2 Å². The molecule has 0 aromatic heterocycles. The average molecular weight is 436 g/mol. The van der Waals surface area contributed by atoms with E-state index in [4.69, 9.17) is 9.84 Å². The number of benzene rings is 2. The SMILES string of the molecule is CC(C)c1ccc(C2C(C(=O)C=Cc3ccccc3)=C(O)C(=O)N2CCOCCO)cc1. The quantitative estimate of drug-likeness (QED) is 0.438. The largest absolute Gasteiger partial charge is 0.503 e. The topological polar surface area (TPSA) is 87.1 Å². The molecule has 1 heterocycles. The fourth-order valence-corrected chi connectivity index (χ4v) is 3.70. The molecule has 1 aliphatic rings. The van der Waals surface area contributed by atoms with Crippen molar-refractivity contribution < 1.29 is 24.5 Å². The molecule has 0 radical (unpaired) electrons. The summed E-state index contributed by atoms with van der Waals surface area (Å²) in [5, 5.41) is 19.5. The van der Waals surface area contributed by atoms with E-state index in [9.17, 15) is 14.7 Å². The number of aliphatic hydroxyl groups excluding tert-OH is 2. The highest BCUT2D eigenvalue weighted by Crippen LogP contribution is 2.38. The summed E-state index contributed by atoms with van der Waals surface area (Å²) < 4.78 is 5.32. The van der Waals surface area contributed by atoms with Crippen molar-refractivity contribution >= 4 is 17.8 Å². The lowest BCUT2D eigenvalue weighted by Crippen LogP contribution is -2.34. The van der Waals surface area contributed by atoms with Gasteiger partial charge in [0.05, 0.1) is 31.4 Å². The summed E-state index contributed by atoms with van der Waals surface area (Å²) in [5.41, 5.74) is 2.78. The zero-order valence-electron chi connectivity index (χ0n) is 18.4. The predicted molar refractivity (Wildman–Crippen MR) is 123 cm³/mol. The van der Waals surface area contributed by atoms with Gasteiger partial charge in [0.25, 0.3) is 5.91 Å². The Hall–Kier alpha value is -3.22. The number of ether oxygens (including phenoxy) is 1. The van der Waals surface area contributed by atoms with E-state index >= 15 is 0 Å². The van der Waals surface area contributed by atoms with Gasteiger partial charge in [-0.15, -0.1) is 0 Å². The molecule has 0 aliphatic carbocycles. The number of hydrogen-bond acceptors (Lipinski definition) is 5. The maximum atomic E-state index is 13.1. The number of hydrogen-bond donors (Lipinski definition) is 2. The number of ketones is 1. The van der Waals surface area contributed by atoms with Crippen LogP contribution in [0.3, 0.4) is 0 Å². The number of nitrogens with zero attached hydrogens (tertiary/aromatic N) is 1. The van der Waals surface area contributed by atoms with Crippen LogP contribution < -0.4 is 0 Å². The van der Waals surface area contributed by atoms with Gasteiger partial charge in [-0.3, -0.25) is 9.59 Å². The first-order valence-electron chi connectivity index (χ1n) is 10.7. The molecule has 1 aliphatic heterocycles. The van der Waals surface area contributed by atoms with Gasteiger partial charge in [-0.2, -0.15) is 0 Å². The highest BCUT2D eigenvalue weighted by atomic mass is 16.5. The maximum Gasteiger partial charge on any atom is 0.290 e. The molecule has 3 rings (SSSR count). The minimum absolute atomic E-state index is 0.0571. The van der Waals surface area contributed by atoms with Crippen LogP contribution in [-0.2, 0) is 14.3 Å². The third-order valence-corrected chi connectivity index (χ3v) is 5.43. The number of aliphatic hydroxyl groups is 2. The summed E-state index contributed by atoms with van der Waals surface area (Å²) in [4.78, 5) is 27.4. The molecule has 0 spiro atoms. The molecular weight excluding hydrogens is 406 g/mol. The molecule has 6 nitrogen and oxygen atoms in total. The maximum absolute atomic E-state index is 13.1. The molecule has 6 heteroatoms. The highest BCUT2D eigenvalue weighted by Gasteiger charge is 2.42. The first-order valence-corrected chi connectivity index (χ1v) is 10.7. The van der Waals surface area contributed by atoms with Crippen LogP contribution in [0.5, 0.6) is 0 Å². The van der Waals surface area contributed by atoms with Crippen LogP contribution in [0.15, 0.2) is 72.0 Å². The van der Waals surface area contributed by atoms with Gasteiger partial charge in [-0.1, -0.05) is 74.5 Å². The lowest BCUT2D eigenvalue weighted by atomic mass is 9.93. The Morgan fingerprint density at radius 3 is 2.41 bits per heavy atom. The number of rotatable bonds is 10. The normalized spacial score (nSPS) is 16.6. The Morgan fingerprint density at radius 2 is 1.78 bits per heavy atom. The van der Waals surface area contributed by atoms with Crippen molar-refractivity contribution in [3.8, 4) is 0 Å². The molecule has 2 aromatic carbocycles. The van der Waals surface area contributed by atoms with Gasteiger partial charge in [0.1, 0.15) is 0 Å². The van der Waals surface area contributed by atoms with E-state index in [0.717, 1.165) is 16.7 Å². The fourth-order valence-electron chi connectivity index (χ4n) is 3.70. The second-order valence-corrected chi connectivity index (χ2v) is 7.93. The lowest BCUT2D eigenvalue weighted by molar-refractivity contribution is -0.130. The Morgan fingerprint density at radius 1 is 1.09 bits per heavy atom. The second kappa shape index (κ2) is 10.9. The molecular formula is C26H29NO5. The third-order valence-electron chi connectivity index (χ3n) is 5.43. The number of carbonyl (C=O) groups is 2.